The minimum absolute atomic E-state index is 0.271. The lowest BCUT2D eigenvalue weighted by Gasteiger charge is -2.34. The highest BCUT2D eigenvalue weighted by Gasteiger charge is 2.29. The third-order valence-corrected chi connectivity index (χ3v) is 6.78. The number of rotatable bonds is 5. The van der Waals surface area contributed by atoms with Crippen molar-refractivity contribution in [3.05, 3.63) is 60.9 Å². The number of hydrogen-bond donors (Lipinski definition) is 0. The van der Waals surface area contributed by atoms with Gasteiger partial charge in [-0.3, -0.25) is 4.98 Å². The Kier molecular flexibility index (Phi) is 5.41. The summed E-state index contributed by atoms with van der Waals surface area (Å²) >= 11 is 0. The highest BCUT2D eigenvalue weighted by Crippen LogP contribution is 2.23. The van der Waals surface area contributed by atoms with Crippen molar-refractivity contribution in [2.24, 2.45) is 0 Å². The van der Waals surface area contributed by atoms with Crippen LogP contribution in [-0.4, -0.2) is 61.2 Å². The molecular formula is C20H21N5O3S. The molecule has 0 radical (unpaired) electrons. The molecule has 4 rings (SSSR count). The Morgan fingerprint density at radius 1 is 0.931 bits per heavy atom. The number of nitrogens with zero attached hydrogens (tertiary/aromatic N) is 5. The first-order chi connectivity index (χ1) is 14.1. The largest absolute Gasteiger partial charge is 0.497 e. The number of ether oxygens (including phenoxy) is 1. The summed E-state index contributed by atoms with van der Waals surface area (Å²) in [4.78, 5) is 6.40. The van der Waals surface area contributed by atoms with Crippen molar-refractivity contribution < 1.29 is 13.2 Å². The third kappa shape index (κ3) is 4.06. The number of pyridine rings is 1. The smallest absolute Gasteiger partial charge is 0.243 e. The SMILES string of the molecule is COc1ccc(S(=O)(=O)N2CCN(c3ccc(-c4cccnc4)nn3)CC2)cc1. The molecular weight excluding hydrogens is 390 g/mol. The number of anilines is 1. The summed E-state index contributed by atoms with van der Waals surface area (Å²) in [5.74, 6) is 1.36. The average Bonchev–Trinajstić information content (AvgIpc) is 2.80. The molecule has 3 aromatic rings. The molecule has 3 heterocycles. The molecule has 29 heavy (non-hydrogen) atoms. The maximum Gasteiger partial charge on any atom is 0.243 e. The molecule has 8 nitrogen and oxygen atoms in total. The molecule has 1 saturated heterocycles. The summed E-state index contributed by atoms with van der Waals surface area (Å²) in [5.41, 5.74) is 1.66. The predicted octanol–water partition coefficient (Wildman–Crippen LogP) is 2.06. The van der Waals surface area contributed by atoms with E-state index in [-0.39, 0.29) is 4.90 Å². The van der Waals surface area contributed by atoms with Gasteiger partial charge in [0.2, 0.25) is 10.0 Å². The second-order valence-electron chi connectivity index (χ2n) is 6.59. The van der Waals surface area contributed by atoms with Crippen LogP contribution in [-0.2, 0) is 10.0 Å². The van der Waals surface area contributed by atoms with E-state index in [9.17, 15) is 8.42 Å². The first-order valence-corrected chi connectivity index (χ1v) is 10.7. The van der Waals surface area contributed by atoms with Crippen LogP contribution in [0.15, 0.2) is 65.8 Å². The molecule has 1 fully saturated rings. The van der Waals surface area contributed by atoms with Crippen molar-refractivity contribution in [1.82, 2.24) is 19.5 Å². The molecule has 0 bridgehead atoms. The number of piperazine rings is 1. The van der Waals surface area contributed by atoms with Crippen LogP contribution in [0.4, 0.5) is 5.82 Å². The molecule has 0 atom stereocenters. The van der Waals surface area contributed by atoms with Crippen LogP contribution >= 0.6 is 0 Å². The quantitative estimate of drug-likeness (QED) is 0.635. The van der Waals surface area contributed by atoms with E-state index in [4.69, 9.17) is 4.74 Å². The number of aromatic nitrogens is 3. The normalized spacial score (nSPS) is 15.3. The number of sulfonamides is 1. The molecule has 1 aliphatic rings. The molecule has 9 heteroatoms. The van der Waals surface area contributed by atoms with Crippen molar-refractivity contribution in [2.45, 2.75) is 4.90 Å². The zero-order valence-corrected chi connectivity index (χ0v) is 16.8. The molecule has 150 valence electrons. The highest BCUT2D eigenvalue weighted by atomic mass is 32.2. The van der Waals surface area contributed by atoms with Crippen molar-refractivity contribution >= 4 is 15.8 Å². The molecule has 0 unspecified atom stereocenters. The summed E-state index contributed by atoms with van der Waals surface area (Å²) in [6, 6.07) is 14.0. The van der Waals surface area contributed by atoms with E-state index in [1.807, 2.05) is 29.2 Å². The van der Waals surface area contributed by atoms with E-state index < -0.39 is 10.0 Å². The van der Waals surface area contributed by atoms with E-state index in [0.717, 1.165) is 17.1 Å². The van der Waals surface area contributed by atoms with Gasteiger partial charge >= 0.3 is 0 Å². The van der Waals surface area contributed by atoms with Crippen LogP contribution in [0.3, 0.4) is 0 Å². The van der Waals surface area contributed by atoms with Crippen LogP contribution < -0.4 is 9.64 Å². The zero-order chi connectivity index (χ0) is 20.3. The third-order valence-electron chi connectivity index (χ3n) is 4.87. The lowest BCUT2D eigenvalue weighted by atomic mass is 10.2. The Labute approximate surface area is 169 Å². The number of hydrogen-bond acceptors (Lipinski definition) is 7. The molecule has 0 aliphatic carbocycles. The standard InChI is InChI=1S/C20H21N5O3S/c1-28-17-4-6-18(7-5-17)29(26,27)25-13-11-24(12-14-25)20-9-8-19(22-23-20)16-3-2-10-21-15-16/h2-10,15H,11-14H2,1H3. The van der Waals surface area contributed by atoms with E-state index in [1.54, 1.807) is 43.8 Å². The van der Waals surface area contributed by atoms with E-state index in [1.165, 1.54) is 4.31 Å². The van der Waals surface area contributed by atoms with Crippen LogP contribution in [0.1, 0.15) is 0 Å². The van der Waals surface area contributed by atoms with Gasteiger partial charge in [0.25, 0.3) is 0 Å². The van der Waals surface area contributed by atoms with Crippen molar-refractivity contribution in [1.29, 1.82) is 0 Å². The van der Waals surface area contributed by atoms with Crippen LogP contribution in [0, 0.1) is 0 Å². The van der Waals surface area contributed by atoms with Gasteiger partial charge in [-0.05, 0) is 48.5 Å². The second kappa shape index (κ2) is 8.14. The van der Waals surface area contributed by atoms with Crippen molar-refractivity contribution in [3.63, 3.8) is 0 Å². The fourth-order valence-corrected chi connectivity index (χ4v) is 4.64. The monoisotopic (exact) mass is 411 g/mol. The van der Waals surface area contributed by atoms with Gasteiger partial charge in [0.15, 0.2) is 5.82 Å². The Bertz CT molecular complexity index is 1050. The van der Waals surface area contributed by atoms with Gasteiger partial charge in [0.1, 0.15) is 5.75 Å². The highest BCUT2D eigenvalue weighted by molar-refractivity contribution is 7.89. The Hall–Kier alpha value is -3.04. The molecule has 0 N–H and O–H groups in total. The van der Waals surface area contributed by atoms with Gasteiger partial charge in [-0.15, -0.1) is 10.2 Å². The van der Waals surface area contributed by atoms with Gasteiger partial charge in [-0.25, -0.2) is 8.42 Å². The van der Waals surface area contributed by atoms with Gasteiger partial charge < -0.3 is 9.64 Å². The number of methoxy groups -OCH3 is 1. The summed E-state index contributed by atoms with van der Waals surface area (Å²) in [7, 11) is -1.98. The summed E-state index contributed by atoms with van der Waals surface area (Å²) < 4.78 is 32.3. The van der Waals surface area contributed by atoms with E-state index >= 15 is 0 Å². The average molecular weight is 411 g/mol. The minimum Gasteiger partial charge on any atom is -0.497 e. The fraction of sp³-hybridized carbons (Fsp3) is 0.250. The zero-order valence-electron chi connectivity index (χ0n) is 16.0. The van der Waals surface area contributed by atoms with E-state index in [0.29, 0.717) is 31.9 Å². The van der Waals surface area contributed by atoms with Crippen LogP contribution in [0.25, 0.3) is 11.3 Å². The predicted molar refractivity (Wildman–Crippen MR) is 109 cm³/mol. The molecule has 1 aliphatic heterocycles. The van der Waals surface area contributed by atoms with Gasteiger partial charge in [-0.1, -0.05) is 0 Å². The lowest BCUT2D eigenvalue weighted by molar-refractivity contribution is 0.383. The van der Waals surface area contributed by atoms with Crippen LogP contribution in [0.2, 0.25) is 0 Å². The second-order valence-corrected chi connectivity index (χ2v) is 8.52. The summed E-state index contributed by atoms with van der Waals surface area (Å²) in [5, 5.41) is 8.59. The van der Waals surface area contributed by atoms with E-state index in [2.05, 4.69) is 15.2 Å². The molecule has 0 saturated carbocycles. The van der Waals surface area contributed by atoms with Gasteiger partial charge in [0.05, 0.1) is 17.7 Å². The summed E-state index contributed by atoms with van der Waals surface area (Å²) in [6.07, 6.45) is 3.46. The molecule has 0 spiro atoms. The topological polar surface area (TPSA) is 88.5 Å². The Balaban J connectivity index is 1.42. The maximum atomic E-state index is 12.9. The first-order valence-electron chi connectivity index (χ1n) is 9.21. The maximum absolute atomic E-state index is 12.9. The first kappa shape index (κ1) is 19.3. The van der Waals surface area contributed by atoms with Crippen molar-refractivity contribution in [3.8, 4) is 17.0 Å². The molecule has 0 amide bonds. The minimum atomic E-state index is -3.53. The van der Waals surface area contributed by atoms with Crippen molar-refractivity contribution in [2.75, 3.05) is 38.2 Å². The molecule has 2 aromatic heterocycles. The molecule has 1 aromatic carbocycles. The summed E-state index contributed by atoms with van der Waals surface area (Å²) in [6.45, 7) is 1.88. The van der Waals surface area contributed by atoms with Crippen LogP contribution in [0.5, 0.6) is 5.75 Å². The van der Waals surface area contributed by atoms with Gasteiger partial charge in [0, 0.05) is 44.1 Å². The Morgan fingerprint density at radius 2 is 1.69 bits per heavy atom. The number of benzene rings is 1. The Morgan fingerprint density at radius 3 is 2.28 bits per heavy atom. The van der Waals surface area contributed by atoms with Gasteiger partial charge in [-0.2, -0.15) is 4.31 Å². The lowest BCUT2D eigenvalue weighted by Crippen LogP contribution is -2.48. The fourth-order valence-electron chi connectivity index (χ4n) is 3.22.